The van der Waals surface area contributed by atoms with E-state index in [1.165, 1.54) is 6.92 Å². The predicted octanol–water partition coefficient (Wildman–Crippen LogP) is 0.708. The number of phosphoric acid groups is 1. The minimum atomic E-state index is -4.69. The summed E-state index contributed by atoms with van der Waals surface area (Å²) in [5.41, 5.74) is 0. The Hall–Kier alpha value is -0.323. The Morgan fingerprint density at radius 1 is 1.33 bits per heavy atom. The Kier molecular flexibility index (Phi) is 6.79. The van der Waals surface area contributed by atoms with Gasteiger partial charge in [0.25, 0.3) is 0 Å². The molecule has 0 spiro atoms. The molecule has 11 heteroatoms. The number of hydrogen-bond acceptors (Lipinski definition) is 6. The second-order valence-electron chi connectivity index (χ2n) is 7.42. The molecule has 1 aliphatic rings. The first-order valence-electron chi connectivity index (χ1n) is 7.62. The third kappa shape index (κ3) is 5.89. The van der Waals surface area contributed by atoms with Crippen LogP contribution in [-0.4, -0.2) is 60.3 Å². The minimum absolute atomic E-state index is 0.131. The summed E-state index contributed by atoms with van der Waals surface area (Å²) in [4.78, 5) is 29.1. The van der Waals surface area contributed by atoms with Gasteiger partial charge in [0.15, 0.2) is 14.6 Å². The Bertz CT molecular complexity index is 503. The largest absolute Gasteiger partial charge is 0.469 e. The lowest BCUT2D eigenvalue weighted by atomic mass is 10.1. The zero-order valence-corrected chi connectivity index (χ0v) is 16.7. The van der Waals surface area contributed by atoms with Gasteiger partial charge in [0.2, 0.25) is 5.91 Å². The van der Waals surface area contributed by atoms with Crippen LogP contribution in [0.4, 0.5) is 0 Å². The fraction of sp³-hybridized carbons (Fsp3) is 0.923. The van der Waals surface area contributed by atoms with Crippen LogP contribution in [0, 0.1) is 0 Å². The van der Waals surface area contributed by atoms with E-state index in [0.29, 0.717) is 0 Å². The predicted molar refractivity (Wildman–Crippen MR) is 88.6 cm³/mol. The second kappa shape index (κ2) is 7.51. The van der Waals surface area contributed by atoms with Crippen molar-refractivity contribution in [2.75, 3.05) is 6.61 Å². The average molecular weight is 385 g/mol. The normalized spacial score (nSPS) is 28.9. The van der Waals surface area contributed by atoms with Crippen molar-refractivity contribution in [3.8, 4) is 0 Å². The molecule has 24 heavy (non-hydrogen) atoms. The molecule has 0 aromatic carbocycles. The molecule has 1 aliphatic heterocycles. The van der Waals surface area contributed by atoms with Crippen LogP contribution in [0.15, 0.2) is 0 Å². The van der Waals surface area contributed by atoms with Gasteiger partial charge in [-0.2, -0.15) is 0 Å². The molecule has 9 nitrogen and oxygen atoms in total. The van der Waals surface area contributed by atoms with E-state index in [1.54, 1.807) is 0 Å². The van der Waals surface area contributed by atoms with Gasteiger partial charge in [0, 0.05) is 6.92 Å². The van der Waals surface area contributed by atoms with Gasteiger partial charge in [-0.3, -0.25) is 9.32 Å². The van der Waals surface area contributed by atoms with Gasteiger partial charge < -0.3 is 29.4 Å². The quantitative estimate of drug-likeness (QED) is 0.388. The molecule has 1 rings (SSSR count). The van der Waals surface area contributed by atoms with Crippen LogP contribution in [0.5, 0.6) is 0 Å². The SMILES string of the molecule is CC(=O)NC1[C@@H](COP(=O)(O)O)O[C@@H](O)[C@H]1O[Si](C)(C)C(C)(C)C. The maximum absolute atomic E-state index is 11.5. The molecule has 1 unspecified atom stereocenters. The lowest BCUT2D eigenvalue weighted by Gasteiger charge is -2.40. The van der Waals surface area contributed by atoms with Crippen LogP contribution in [0.25, 0.3) is 0 Å². The van der Waals surface area contributed by atoms with Crippen molar-refractivity contribution in [1.29, 1.82) is 0 Å². The maximum Gasteiger partial charge on any atom is 0.469 e. The van der Waals surface area contributed by atoms with Gasteiger partial charge in [0.1, 0.15) is 12.2 Å². The Morgan fingerprint density at radius 3 is 2.29 bits per heavy atom. The Balaban J connectivity index is 2.96. The summed E-state index contributed by atoms with van der Waals surface area (Å²) in [7, 11) is -6.97. The van der Waals surface area contributed by atoms with Crippen molar-refractivity contribution in [3.63, 3.8) is 0 Å². The first kappa shape index (κ1) is 21.7. The summed E-state index contributed by atoms with van der Waals surface area (Å²) in [5, 5.41) is 12.7. The number of aliphatic hydroxyl groups is 1. The van der Waals surface area contributed by atoms with Gasteiger partial charge >= 0.3 is 7.82 Å². The van der Waals surface area contributed by atoms with E-state index in [1.807, 2.05) is 33.9 Å². The summed E-state index contributed by atoms with van der Waals surface area (Å²) < 4.78 is 26.8. The Labute approximate surface area is 143 Å². The molecule has 0 bridgehead atoms. The van der Waals surface area contributed by atoms with Crippen molar-refractivity contribution in [1.82, 2.24) is 5.32 Å². The zero-order valence-electron chi connectivity index (χ0n) is 14.8. The van der Waals surface area contributed by atoms with Crippen LogP contribution in [-0.2, 0) is 23.0 Å². The topological polar surface area (TPSA) is 135 Å². The van der Waals surface area contributed by atoms with E-state index < -0.39 is 47.3 Å². The summed E-state index contributed by atoms with van der Waals surface area (Å²) in [6.45, 7) is 10.9. The van der Waals surface area contributed by atoms with E-state index in [4.69, 9.17) is 18.9 Å². The van der Waals surface area contributed by atoms with Crippen molar-refractivity contribution >= 4 is 22.0 Å². The molecule has 4 atom stereocenters. The molecule has 0 radical (unpaired) electrons. The monoisotopic (exact) mass is 385 g/mol. The molecule has 1 amide bonds. The Morgan fingerprint density at radius 2 is 1.88 bits per heavy atom. The third-order valence-corrected chi connectivity index (χ3v) is 9.32. The van der Waals surface area contributed by atoms with Crippen LogP contribution >= 0.6 is 7.82 Å². The molecule has 142 valence electrons. The highest BCUT2D eigenvalue weighted by molar-refractivity contribution is 7.46. The number of hydrogen-bond donors (Lipinski definition) is 4. The standard InChI is InChI=1S/C13H28NO8PSi/c1-8(15)14-10-9(7-20-23(17,18)19)21-12(16)11(10)22-24(5,6)13(2,3)4/h9-12,16H,7H2,1-6H3,(H,14,15)(H2,17,18,19)/t9-,10?,11+,12-/m1/s1. The second-order valence-corrected chi connectivity index (χ2v) is 13.4. The molecular formula is C13H28NO8PSi. The lowest BCUT2D eigenvalue weighted by Crippen LogP contribution is -2.54. The number of ether oxygens (including phenoxy) is 1. The van der Waals surface area contributed by atoms with E-state index >= 15 is 0 Å². The van der Waals surface area contributed by atoms with Crippen LogP contribution in [0.2, 0.25) is 18.1 Å². The molecule has 0 aliphatic carbocycles. The van der Waals surface area contributed by atoms with E-state index in [9.17, 15) is 14.5 Å². The van der Waals surface area contributed by atoms with Crippen molar-refractivity contribution in [2.45, 2.75) is 70.4 Å². The van der Waals surface area contributed by atoms with Crippen molar-refractivity contribution in [2.24, 2.45) is 0 Å². The third-order valence-electron chi connectivity index (χ3n) is 4.36. The van der Waals surface area contributed by atoms with Crippen molar-refractivity contribution < 1.29 is 37.9 Å². The fourth-order valence-corrected chi connectivity index (χ4v) is 3.74. The lowest BCUT2D eigenvalue weighted by molar-refractivity contribution is -0.129. The molecular weight excluding hydrogens is 357 g/mol. The number of aliphatic hydroxyl groups excluding tert-OH is 1. The number of amides is 1. The smallest absolute Gasteiger partial charge is 0.407 e. The van der Waals surface area contributed by atoms with Crippen LogP contribution in [0.1, 0.15) is 27.7 Å². The number of carbonyl (C=O) groups excluding carboxylic acids is 1. The van der Waals surface area contributed by atoms with E-state index in [-0.39, 0.29) is 10.9 Å². The van der Waals surface area contributed by atoms with Crippen LogP contribution < -0.4 is 5.32 Å². The number of nitrogens with one attached hydrogen (secondary N) is 1. The van der Waals surface area contributed by atoms with E-state index in [0.717, 1.165) is 0 Å². The molecule has 0 saturated carbocycles. The summed E-state index contributed by atoms with van der Waals surface area (Å²) in [5.74, 6) is -0.372. The van der Waals surface area contributed by atoms with Gasteiger partial charge in [-0.25, -0.2) is 4.57 Å². The average Bonchev–Trinajstić information content (AvgIpc) is 2.61. The summed E-state index contributed by atoms with van der Waals surface area (Å²) in [6, 6.07) is -0.779. The highest BCUT2D eigenvalue weighted by atomic mass is 31.2. The maximum atomic E-state index is 11.5. The highest BCUT2D eigenvalue weighted by Crippen LogP contribution is 2.41. The first-order chi connectivity index (χ1) is 10.6. The van der Waals surface area contributed by atoms with Gasteiger partial charge in [-0.15, -0.1) is 0 Å². The fourth-order valence-electron chi connectivity index (χ4n) is 2.10. The molecule has 0 aromatic heterocycles. The molecule has 0 aromatic rings. The van der Waals surface area contributed by atoms with Crippen molar-refractivity contribution in [3.05, 3.63) is 0 Å². The van der Waals surface area contributed by atoms with Gasteiger partial charge in [0.05, 0.1) is 12.6 Å². The van der Waals surface area contributed by atoms with E-state index in [2.05, 4.69) is 9.84 Å². The minimum Gasteiger partial charge on any atom is -0.407 e. The number of rotatable bonds is 6. The number of phosphoric ester groups is 1. The molecule has 1 fully saturated rings. The highest BCUT2D eigenvalue weighted by Gasteiger charge is 2.50. The van der Waals surface area contributed by atoms with Crippen LogP contribution in [0.3, 0.4) is 0 Å². The molecule has 1 heterocycles. The summed E-state index contributed by atoms with van der Waals surface area (Å²) in [6.07, 6.45) is -3.12. The first-order valence-corrected chi connectivity index (χ1v) is 12.1. The molecule has 1 saturated heterocycles. The summed E-state index contributed by atoms with van der Waals surface area (Å²) >= 11 is 0. The molecule has 4 N–H and O–H groups in total. The number of carbonyl (C=O) groups is 1. The van der Waals surface area contributed by atoms with Gasteiger partial charge in [-0.05, 0) is 18.1 Å². The van der Waals surface area contributed by atoms with Gasteiger partial charge in [-0.1, -0.05) is 20.8 Å². The zero-order chi connectivity index (χ0) is 18.9.